The predicted octanol–water partition coefficient (Wildman–Crippen LogP) is 3.76. The summed E-state index contributed by atoms with van der Waals surface area (Å²) in [5.41, 5.74) is 0.436. The first kappa shape index (κ1) is 13.3. The first-order chi connectivity index (χ1) is 8.66. The van der Waals surface area contributed by atoms with Crippen LogP contribution in [0.2, 0.25) is 10.0 Å². The maximum absolute atomic E-state index is 12.0. The molecule has 3 nitrogen and oxygen atoms in total. The highest BCUT2D eigenvalue weighted by Gasteiger charge is 2.11. The Hall–Kier alpha value is -1.10. The molecule has 6 heteroatoms. The number of nitrogens with zero attached hydrogens (tertiary/aromatic N) is 2. The van der Waals surface area contributed by atoms with Crippen LogP contribution in [0.3, 0.4) is 0 Å². The van der Waals surface area contributed by atoms with Gasteiger partial charge in [0.1, 0.15) is 6.33 Å². The molecular formula is C12H8Cl2N2OS. The zero-order chi connectivity index (χ0) is 13.0. The lowest BCUT2D eigenvalue weighted by atomic mass is 10.1. The predicted molar refractivity (Wildman–Crippen MR) is 73.5 cm³/mol. The zero-order valence-corrected chi connectivity index (χ0v) is 11.5. The Kier molecular flexibility index (Phi) is 4.58. The van der Waals surface area contributed by atoms with Gasteiger partial charge in [0.2, 0.25) is 0 Å². The fraction of sp³-hybridized carbons (Fsp3) is 0.0833. The van der Waals surface area contributed by atoms with Gasteiger partial charge in [-0.3, -0.25) is 4.79 Å². The molecule has 2 aromatic rings. The number of benzene rings is 1. The molecule has 1 aromatic carbocycles. The van der Waals surface area contributed by atoms with Crippen molar-refractivity contribution in [3.63, 3.8) is 0 Å². The second kappa shape index (κ2) is 6.18. The maximum Gasteiger partial charge on any atom is 0.174 e. The highest BCUT2D eigenvalue weighted by atomic mass is 35.5. The Morgan fingerprint density at radius 3 is 2.83 bits per heavy atom. The van der Waals surface area contributed by atoms with Crippen molar-refractivity contribution in [2.24, 2.45) is 0 Å². The molecule has 1 heterocycles. The number of hydrogen-bond donors (Lipinski definition) is 0. The molecule has 18 heavy (non-hydrogen) atoms. The van der Waals surface area contributed by atoms with Crippen LogP contribution in [0.5, 0.6) is 0 Å². The van der Waals surface area contributed by atoms with E-state index in [0.717, 1.165) is 5.03 Å². The van der Waals surface area contributed by atoms with Crippen LogP contribution in [0.4, 0.5) is 0 Å². The van der Waals surface area contributed by atoms with Gasteiger partial charge in [0.15, 0.2) is 5.78 Å². The molecule has 1 aromatic heterocycles. The second-order valence-electron chi connectivity index (χ2n) is 3.38. The van der Waals surface area contributed by atoms with E-state index in [4.69, 9.17) is 23.2 Å². The van der Waals surface area contributed by atoms with Crippen molar-refractivity contribution >= 4 is 40.7 Å². The highest BCUT2D eigenvalue weighted by molar-refractivity contribution is 7.99. The maximum atomic E-state index is 12.0. The Bertz CT molecular complexity index is 563. The molecule has 0 saturated heterocycles. The number of carbonyl (C=O) groups is 1. The second-order valence-corrected chi connectivity index (χ2v) is 5.22. The smallest absolute Gasteiger partial charge is 0.174 e. The minimum atomic E-state index is -0.0777. The van der Waals surface area contributed by atoms with Gasteiger partial charge in [-0.2, -0.15) is 0 Å². The van der Waals surface area contributed by atoms with E-state index in [1.807, 2.05) is 0 Å². The van der Waals surface area contributed by atoms with Crippen LogP contribution in [0.1, 0.15) is 10.4 Å². The van der Waals surface area contributed by atoms with Gasteiger partial charge < -0.3 is 0 Å². The lowest BCUT2D eigenvalue weighted by molar-refractivity contribution is 0.102. The van der Waals surface area contributed by atoms with Gasteiger partial charge in [0.25, 0.3) is 0 Å². The fourth-order valence-corrected chi connectivity index (χ4v) is 2.40. The first-order valence-corrected chi connectivity index (χ1v) is 6.78. The number of carbonyl (C=O) groups excluding carboxylic acids is 1. The Morgan fingerprint density at radius 2 is 2.11 bits per heavy atom. The molecule has 2 rings (SSSR count). The van der Waals surface area contributed by atoms with Crippen molar-refractivity contribution in [2.75, 3.05) is 5.75 Å². The third kappa shape index (κ3) is 3.45. The number of aromatic nitrogens is 2. The largest absolute Gasteiger partial charge is 0.293 e. The molecule has 0 unspecified atom stereocenters. The minimum Gasteiger partial charge on any atom is -0.293 e. The third-order valence-corrected chi connectivity index (χ3v) is 3.64. The number of halogens is 2. The van der Waals surface area contributed by atoms with E-state index in [1.54, 1.807) is 30.5 Å². The normalized spacial score (nSPS) is 10.3. The van der Waals surface area contributed by atoms with Gasteiger partial charge in [-0.1, -0.05) is 35.0 Å². The molecule has 0 aliphatic rings. The lowest BCUT2D eigenvalue weighted by Crippen LogP contribution is -2.03. The average Bonchev–Trinajstić information content (AvgIpc) is 2.40. The molecule has 0 aliphatic carbocycles. The molecule has 92 valence electrons. The Labute approximate surface area is 119 Å². The van der Waals surface area contributed by atoms with Crippen molar-refractivity contribution in [3.05, 3.63) is 52.4 Å². The summed E-state index contributed by atoms with van der Waals surface area (Å²) >= 11 is 13.1. The van der Waals surface area contributed by atoms with Crippen molar-refractivity contribution in [1.82, 2.24) is 9.97 Å². The van der Waals surface area contributed by atoms with Gasteiger partial charge in [-0.15, -0.1) is 0 Å². The molecular weight excluding hydrogens is 291 g/mol. The van der Waals surface area contributed by atoms with Gasteiger partial charge in [0, 0.05) is 16.8 Å². The number of thioether (sulfide) groups is 1. The van der Waals surface area contributed by atoms with Crippen LogP contribution < -0.4 is 0 Å². The molecule has 0 aliphatic heterocycles. The van der Waals surface area contributed by atoms with Crippen LogP contribution in [0.25, 0.3) is 0 Å². The minimum absolute atomic E-state index is 0.0777. The molecule has 0 N–H and O–H groups in total. The van der Waals surface area contributed by atoms with E-state index in [2.05, 4.69) is 9.97 Å². The Morgan fingerprint density at radius 1 is 1.28 bits per heavy atom. The quantitative estimate of drug-likeness (QED) is 0.490. The standard InChI is InChI=1S/C12H8Cl2N2OS/c13-8-1-2-10(14)9(5-8)11(17)6-18-12-3-4-15-7-16-12/h1-5,7H,6H2. The van der Waals surface area contributed by atoms with Crippen LogP contribution in [0.15, 0.2) is 41.8 Å². The topological polar surface area (TPSA) is 42.9 Å². The van der Waals surface area contributed by atoms with Crippen LogP contribution in [-0.2, 0) is 0 Å². The van der Waals surface area contributed by atoms with E-state index < -0.39 is 0 Å². The van der Waals surface area contributed by atoms with E-state index >= 15 is 0 Å². The summed E-state index contributed by atoms with van der Waals surface area (Å²) in [5, 5.41) is 1.65. The molecule has 0 amide bonds. The van der Waals surface area contributed by atoms with E-state index in [-0.39, 0.29) is 11.5 Å². The molecule has 0 radical (unpaired) electrons. The van der Waals surface area contributed by atoms with Gasteiger partial charge in [-0.25, -0.2) is 9.97 Å². The van der Waals surface area contributed by atoms with Crippen molar-refractivity contribution < 1.29 is 4.79 Å². The van der Waals surface area contributed by atoms with Gasteiger partial charge in [-0.05, 0) is 24.3 Å². The molecule has 0 bridgehead atoms. The van der Waals surface area contributed by atoms with Gasteiger partial charge in [0.05, 0.1) is 15.8 Å². The lowest BCUT2D eigenvalue weighted by Gasteiger charge is -2.03. The summed E-state index contributed by atoms with van der Waals surface area (Å²) in [6, 6.07) is 6.59. The highest BCUT2D eigenvalue weighted by Crippen LogP contribution is 2.23. The van der Waals surface area contributed by atoms with Crippen LogP contribution in [-0.4, -0.2) is 21.5 Å². The third-order valence-electron chi connectivity index (χ3n) is 2.13. The Balaban J connectivity index is 2.06. The number of ketones is 1. The molecule has 0 atom stereocenters. The number of Topliss-reactive ketones (excluding diaryl/α,β-unsaturated/α-hetero) is 1. The summed E-state index contributed by atoms with van der Waals surface area (Å²) in [6.45, 7) is 0. The van der Waals surface area contributed by atoms with E-state index in [9.17, 15) is 4.79 Å². The van der Waals surface area contributed by atoms with Crippen molar-refractivity contribution in [3.8, 4) is 0 Å². The summed E-state index contributed by atoms with van der Waals surface area (Å²) in [5.74, 6) is 0.183. The van der Waals surface area contributed by atoms with E-state index in [1.165, 1.54) is 18.1 Å². The summed E-state index contributed by atoms with van der Waals surface area (Å²) < 4.78 is 0. The zero-order valence-electron chi connectivity index (χ0n) is 9.14. The van der Waals surface area contributed by atoms with Crippen molar-refractivity contribution in [2.45, 2.75) is 5.03 Å². The van der Waals surface area contributed by atoms with Crippen LogP contribution >= 0.6 is 35.0 Å². The fourth-order valence-electron chi connectivity index (χ4n) is 1.29. The summed E-state index contributed by atoms with van der Waals surface area (Å²) in [6.07, 6.45) is 3.07. The average molecular weight is 299 g/mol. The molecule has 0 fully saturated rings. The number of hydrogen-bond acceptors (Lipinski definition) is 4. The SMILES string of the molecule is O=C(CSc1ccncn1)c1cc(Cl)ccc1Cl. The van der Waals surface area contributed by atoms with Gasteiger partial charge >= 0.3 is 0 Å². The van der Waals surface area contributed by atoms with Crippen LogP contribution in [0, 0.1) is 0 Å². The number of rotatable bonds is 4. The monoisotopic (exact) mass is 298 g/mol. The summed E-state index contributed by atoms with van der Waals surface area (Å²) in [7, 11) is 0. The first-order valence-electron chi connectivity index (χ1n) is 5.04. The van der Waals surface area contributed by atoms with Crippen molar-refractivity contribution in [1.29, 1.82) is 0 Å². The van der Waals surface area contributed by atoms with E-state index in [0.29, 0.717) is 15.6 Å². The molecule has 0 spiro atoms. The molecule has 0 saturated carbocycles. The summed E-state index contributed by atoms with van der Waals surface area (Å²) in [4.78, 5) is 19.8.